The van der Waals surface area contributed by atoms with Crippen LogP contribution >= 0.6 is 0 Å². The summed E-state index contributed by atoms with van der Waals surface area (Å²) in [7, 11) is 0. The van der Waals surface area contributed by atoms with Crippen LogP contribution in [-0.4, -0.2) is 99.5 Å². The van der Waals surface area contributed by atoms with Gasteiger partial charge in [0.15, 0.2) is 6.29 Å². The smallest absolute Gasteiger partial charge is 0.330 e. The molecule has 3 fully saturated rings. The fraction of sp³-hybridized carbons (Fsp3) is 0.542. The topological polar surface area (TPSA) is 168 Å². The first-order chi connectivity index (χ1) is 16.9. The summed E-state index contributed by atoms with van der Waals surface area (Å²) in [5.41, 5.74) is -0.248. The molecule has 3 aliphatic heterocycles. The second-order valence-electron chi connectivity index (χ2n) is 9.10. The molecule has 0 aromatic heterocycles. The first-order valence-electron chi connectivity index (χ1n) is 11.4. The molecular formula is C24H28O11. The molecule has 0 radical (unpaired) electrons. The standard InChI is InChI=1S/C24H28O11/c25-11-24-16-13(17(27)21(24)35-24)8-9-31-22(16)34-23-20(30)19(29)18(28)14(33-23)10-32-15(26)7-6-12-4-2-1-3-5-12/h1-9,13-14,16-23,25,27-30H,10-11H2/b7-6+/t13-,14+,16-,17?,18+,19-,20+,21?,22?,23-,24?/m0/s1. The highest BCUT2D eigenvalue weighted by Gasteiger charge is 2.75. The van der Waals surface area contributed by atoms with Gasteiger partial charge >= 0.3 is 5.97 Å². The predicted molar refractivity (Wildman–Crippen MR) is 116 cm³/mol. The van der Waals surface area contributed by atoms with Gasteiger partial charge in [0, 0.05) is 12.0 Å². The Labute approximate surface area is 200 Å². The molecule has 11 atom stereocenters. The second-order valence-corrected chi connectivity index (χ2v) is 9.10. The Balaban J connectivity index is 1.22. The molecule has 1 saturated carbocycles. The fourth-order valence-electron chi connectivity index (χ4n) is 5.10. The number of fused-ring (bicyclic) bond motifs is 3. The van der Waals surface area contributed by atoms with Crippen molar-refractivity contribution in [3.8, 4) is 0 Å². The zero-order valence-corrected chi connectivity index (χ0v) is 18.6. The molecule has 3 heterocycles. The van der Waals surface area contributed by atoms with Gasteiger partial charge in [-0.25, -0.2) is 4.79 Å². The van der Waals surface area contributed by atoms with Crippen LogP contribution in [0.5, 0.6) is 0 Å². The summed E-state index contributed by atoms with van der Waals surface area (Å²) in [6, 6.07) is 9.11. The Hall–Kier alpha value is -2.35. The number of hydrogen-bond acceptors (Lipinski definition) is 11. The predicted octanol–water partition coefficient (Wildman–Crippen LogP) is -1.33. The molecule has 35 heavy (non-hydrogen) atoms. The first-order valence-corrected chi connectivity index (χ1v) is 11.4. The minimum atomic E-state index is -1.65. The molecule has 0 amide bonds. The van der Waals surface area contributed by atoms with E-state index in [9.17, 15) is 30.3 Å². The number of benzene rings is 1. The number of rotatable bonds is 7. The van der Waals surface area contributed by atoms with Crippen LogP contribution in [0.2, 0.25) is 0 Å². The number of ether oxygens (including phenoxy) is 5. The minimum absolute atomic E-state index is 0.364. The summed E-state index contributed by atoms with van der Waals surface area (Å²) in [6.45, 7) is -0.776. The average Bonchev–Trinajstić information content (AvgIpc) is 3.57. The number of carbonyl (C=O) groups is 1. The molecule has 4 unspecified atom stereocenters. The van der Waals surface area contributed by atoms with Crippen LogP contribution in [0.15, 0.2) is 48.7 Å². The number of esters is 1. The van der Waals surface area contributed by atoms with Crippen LogP contribution in [-0.2, 0) is 28.5 Å². The van der Waals surface area contributed by atoms with E-state index in [1.165, 1.54) is 12.3 Å². The first kappa shape index (κ1) is 24.3. The lowest BCUT2D eigenvalue weighted by Crippen LogP contribution is -2.60. The van der Waals surface area contributed by atoms with Gasteiger partial charge < -0.3 is 49.2 Å². The minimum Gasteiger partial charge on any atom is -0.472 e. The van der Waals surface area contributed by atoms with Gasteiger partial charge in [0.2, 0.25) is 6.29 Å². The zero-order valence-electron chi connectivity index (χ0n) is 18.6. The molecule has 5 N–H and O–H groups in total. The summed E-state index contributed by atoms with van der Waals surface area (Å²) >= 11 is 0. The highest BCUT2D eigenvalue weighted by molar-refractivity contribution is 5.87. The average molecular weight is 492 g/mol. The van der Waals surface area contributed by atoms with Crippen molar-refractivity contribution in [2.24, 2.45) is 11.8 Å². The van der Waals surface area contributed by atoms with Crippen LogP contribution in [0.1, 0.15) is 5.56 Å². The zero-order chi connectivity index (χ0) is 24.7. The van der Waals surface area contributed by atoms with E-state index >= 15 is 0 Å². The summed E-state index contributed by atoms with van der Waals surface area (Å²) in [6.07, 6.45) is -4.23. The van der Waals surface area contributed by atoms with E-state index in [-0.39, 0.29) is 6.61 Å². The summed E-state index contributed by atoms with van der Waals surface area (Å²) in [5.74, 6) is -1.70. The van der Waals surface area contributed by atoms with Crippen molar-refractivity contribution in [1.82, 2.24) is 0 Å². The number of aliphatic hydroxyl groups is 5. The largest absolute Gasteiger partial charge is 0.472 e. The quantitative estimate of drug-likeness (QED) is 0.174. The molecule has 0 bridgehead atoms. The maximum absolute atomic E-state index is 12.1. The van der Waals surface area contributed by atoms with Gasteiger partial charge in [-0.3, -0.25) is 0 Å². The highest BCUT2D eigenvalue weighted by atomic mass is 16.8. The van der Waals surface area contributed by atoms with Crippen molar-refractivity contribution in [3.63, 3.8) is 0 Å². The molecule has 5 rings (SSSR count). The van der Waals surface area contributed by atoms with Gasteiger partial charge in [0.05, 0.1) is 24.9 Å². The number of aliphatic hydroxyl groups excluding tert-OH is 5. The highest BCUT2D eigenvalue weighted by Crippen LogP contribution is 2.59. The van der Waals surface area contributed by atoms with Crippen molar-refractivity contribution in [2.75, 3.05) is 13.2 Å². The third-order valence-corrected chi connectivity index (χ3v) is 7.05. The fourth-order valence-corrected chi connectivity index (χ4v) is 5.10. The van der Waals surface area contributed by atoms with Gasteiger partial charge in [0.25, 0.3) is 0 Å². The van der Waals surface area contributed by atoms with E-state index in [0.717, 1.165) is 5.56 Å². The summed E-state index contributed by atoms with van der Waals surface area (Å²) < 4.78 is 27.7. The molecule has 2 saturated heterocycles. The van der Waals surface area contributed by atoms with Gasteiger partial charge in [-0.05, 0) is 17.7 Å². The van der Waals surface area contributed by atoms with Crippen molar-refractivity contribution in [3.05, 3.63) is 54.3 Å². The molecule has 0 spiro atoms. The Bertz CT molecular complexity index is 967. The summed E-state index contributed by atoms with van der Waals surface area (Å²) in [4.78, 5) is 12.1. The molecule has 11 heteroatoms. The Morgan fingerprint density at radius 2 is 1.80 bits per heavy atom. The SMILES string of the molecule is O=C(/C=C/c1ccccc1)OC[C@H]1O[C@@H](OC2OC=C[C@@H]3C(O)C4OC4(CO)[C@H]23)[C@H](O)[C@@H](O)[C@@H]1O. The second kappa shape index (κ2) is 9.60. The van der Waals surface area contributed by atoms with E-state index < -0.39 is 79.2 Å². The summed E-state index contributed by atoms with van der Waals surface area (Å²) in [5, 5.41) is 51.5. The lowest BCUT2D eigenvalue weighted by molar-refractivity contribution is -0.344. The molecule has 190 valence electrons. The van der Waals surface area contributed by atoms with E-state index in [1.54, 1.807) is 12.2 Å². The molecule has 11 nitrogen and oxygen atoms in total. The molecule has 1 aromatic rings. The Morgan fingerprint density at radius 3 is 2.54 bits per heavy atom. The maximum atomic E-state index is 12.1. The number of carbonyl (C=O) groups excluding carboxylic acids is 1. The van der Waals surface area contributed by atoms with Crippen molar-refractivity contribution in [1.29, 1.82) is 0 Å². The lowest BCUT2D eigenvalue weighted by atomic mass is 9.85. The van der Waals surface area contributed by atoms with Gasteiger partial charge in [0.1, 0.15) is 42.7 Å². The van der Waals surface area contributed by atoms with Crippen LogP contribution in [0.3, 0.4) is 0 Å². The van der Waals surface area contributed by atoms with Crippen molar-refractivity contribution < 1.29 is 54.0 Å². The van der Waals surface area contributed by atoms with E-state index in [1.807, 2.05) is 30.3 Å². The molecule has 1 aromatic carbocycles. The monoisotopic (exact) mass is 492 g/mol. The van der Waals surface area contributed by atoms with Crippen LogP contribution in [0.25, 0.3) is 6.08 Å². The third-order valence-electron chi connectivity index (χ3n) is 7.05. The molecule has 1 aliphatic carbocycles. The molecular weight excluding hydrogens is 464 g/mol. The van der Waals surface area contributed by atoms with Crippen LogP contribution < -0.4 is 0 Å². The van der Waals surface area contributed by atoms with Crippen LogP contribution in [0.4, 0.5) is 0 Å². The maximum Gasteiger partial charge on any atom is 0.330 e. The Kier molecular flexibility index (Phi) is 6.68. The van der Waals surface area contributed by atoms with E-state index in [4.69, 9.17) is 23.7 Å². The Morgan fingerprint density at radius 1 is 1.03 bits per heavy atom. The normalized spacial score (nSPS) is 43.9. The number of hydrogen-bond donors (Lipinski definition) is 5. The molecule has 4 aliphatic rings. The van der Waals surface area contributed by atoms with Gasteiger partial charge in [-0.2, -0.15) is 0 Å². The van der Waals surface area contributed by atoms with Crippen LogP contribution in [0, 0.1) is 11.8 Å². The van der Waals surface area contributed by atoms with Crippen molar-refractivity contribution >= 4 is 12.0 Å². The van der Waals surface area contributed by atoms with Crippen molar-refractivity contribution in [2.45, 2.75) is 54.8 Å². The number of epoxide rings is 1. The lowest BCUT2D eigenvalue weighted by Gasteiger charge is -2.43. The third kappa shape index (κ3) is 4.39. The van der Waals surface area contributed by atoms with Gasteiger partial charge in [-0.1, -0.05) is 30.3 Å². The van der Waals surface area contributed by atoms with Gasteiger partial charge in [-0.15, -0.1) is 0 Å². The van der Waals surface area contributed by atoms with E-state index in [0.29, 0.717) is 0 Å². The van der Waals surface area contributed by atoms with E-state index in [2.05, 4.69) is 0 Å².